The minimum atomic E-state index is -0.478. The fourth-order valence-electron chi connectivity index (χ4n) is 2.26. The Morgan fingerprint density at radius 1 is 0.947 bits per heavy atom. The SMILES string of the molecule is CC(O)c1ccc(-c2cccc3ccccc23)nc1. The second kappa shape index (κ2) is 4.82. The molecule has 1 unspecified atom stereocenters. The summed E-state index contributed by atoms with van der Waals surface area (Å²) in [5.74, 6) is 0. The number of hydrogen-bond acceptors (Lipinski definition) is 2. The van der Waals surface area contributed by atoms with E-state index in [1.54, 1.807) is 13.1 Å². The lowest BCUT2D eigenvalue weighted by atomic mass is 10.0. The molecule has 2 heteroatoms. The first-order valence-electron chi connectivity index (χ1n) is 6.38. The summed E-state index contributed by atoms with van der Waals surface area (Å²) in [5.41, 5.74) is 2.89. The highest BCUT2D eigenvalue weighted by Gasteiger charge is 2.06. The number of aliphatic hydroxyl groups is 1. The first-order valence-corrected chi connectivity index (χ1v) is 6.38. The summed E-state index contributed by atoms with van der Waals surface area (Å²) >= 11 is 0. The molecule has 0 aliphatic heterocycles. The summed E-state index contributed by atoms with van der Waals surface area (Å²) in [7, 11) is 0. The molecular weight excluding hydrogens is 234 g/mol. The molecule has 0 aliphatic carbocycles. The van der Waals surface area contributed by atoms with Gasteiger partial charge in [-0.15, -0.1) is 0 Å². The van der Waals surface area contributed by atoms with Crippen LogP contribution < -0.4 is 0 Å². The van der Waals surface area contributed by atoms with Gasteiger partial charge in [0.25, 0.3) is 0 Å². The van der Waals surface area contributed by atoms with Gasteiger partial charge in [-0.05, 0) is 29.3 Å². The van der Waals surface area contributed by atoms with Gasteiger partial charge in [-0.2, -0.15) is 0 Å². The van der Waals surface area contributed by atoms with Crippen molar-refractivity contribution < 1.29 is 5.11 Å². The molecule has 0 fully saturated rings. The fraction of sp³-hybridized carbons (Fsp3) is 0.118. The van der Waals surface area contributed by atoms with E-state index >= 15 is 0 Å². The van der Waals surface area contributed by atoms with Gasteiger partial charge in [0.2, 0.25) is 0 Å². The van der Waals surface area contributed by atoms with E-state index < -0.39 is 6.10 Å². The smallest absolute Gasteiger partial charge is 0.0776 e. The Labute approximate surface area is 112 Å². The molecular formula is C17H15NO. The molecule has 1 heterocycles. The van der Waals surface area contributed by atoms with E-state index in [4.69, 9.17) is 0 Å². The number of aliphatic hydroxyl groups excluding tert-OH is 1. The van der Waals surface area contributed by atoms with Crippen molar-refractivity contribution in [1.29, 1.82) is 0 Å². The van der Waals surface area contributed by atoms with Crippen LogP contribution >= 0.6 is 0 Å². The lowest BCUT2D eigenvalue weighted by molar-refractivity contribution is 0.199. The Kier molecular flexibility index (Phi) is 3.02. The lowest BCUT2D eigenvalue weighted by Crippen LogP contribution is -1.93. The molecule has 0 radical (unpaired) electrons. The predicted molar refractivity (Wildman–Crippen MR) is 77.8 cm³/mol. The Morgan fingerprint density at radius 2 is 1.74 bits per heavy atom. The van der Waals surface area contributed by atoms with E-state index in [1.165, 1.54) is 10.8 Å². The van der Waals surface area contributed by atoms with Gasteiger partial charge >= 0.3 is 0 Å². The molecule has 94 valence electrons. The van der Waals surface area contributed by atoms with Gasteiger partial charge < -0.3 is 5.11 Å². The quantitative estimate of drug-likeness (QED) is 0.745. The van der Waals surface area contributed by atoms with Gasteiger partial charge in [0.15, 0.2) is 0 Å². The molecule has 3 rings (SSSR count). The van der Waals surface area contributed by atoms with Crippen molar-refractivity contribution >= 4 is 10.8 Å². The maximum atomic E-state index is 9.52. The summed E-state index contributed by atoms with van der Waals surface area (Å²) < 4.78 is 0. The van der Waals surface area contributed by atoms with Crippen LogP contribution in [-0.4, -0.2) is 10.1 Å². The van der Waals surface area contributed by atoms with Crippen LogP contribution in [0.1, 0.15) is 18.6 Å². The minimum Gasteiger partial charge on any atom is -0.389 e. The second-order valence-corrected chi connectivity index (χ2v) is 4.68. The van der Waals surface area contributed by atoms with Gasteiger partial charge in [0.05, 0.1) is 11.8 Å². The molecule has 3 aromatic rings. The van der Waals surface area contributed by atoms with Crippen LogP contribution in [0.15, 0.2) is 60.8 Å². The van der Waals surface area contributed by atoms with E-state index in [-0.39, 0.29) is 0 Å². The number of rotatable bonds is 2. The molecule has 19 heavy (non-hydrogen) atoms. The standard InChI is InChI=1S/C17H15NO/c1-12(19)14-9-10-17(18-11-14)16-8-4-6-13-5-2-3-7-15(13)16/h2-12,19H,1H3. The summed E-state index contributed by atoms with van der Waals surface area (Å²) in [6.07, 6.45) is 1.26. The lowest BCUT2D eigenvalue weighted by Gasteiger charge is -2.08. The van der Waals surface area contributed by atoms with Gasteiger partial charge in [-0.3, -0.25) is 4.98 Å². The van der Waals surface area contributed by atoms with Crippen molar-refractivity contribution in [3.8, 4) is 11.3 Å². The normalized spacial score (nSPS) is 12.5. The number of hydrogen-bond donors (Lipinski definition) is 1. The highest BCUT2D eigenvalue weighted by atomic mass is 16.3. The molecule has 0 saturated heterocycles. The van der Waals surface area contributed by atoms with Crippen molar-refractivity contribution in [3.05, 3.63) is 66.4 Å². The first-order chi connectivity index (χ1) is 9.25. The van der Waals surface area contributed by atoms with E-state index in [9.17, 15) is 5.11 Å². The zero-order valence-electron chi connectivity index (χ0n) is 10.7. The molecule has 2 nitrogen and oxygen atoms in total. The molecule has 2 aromatic carbocycles. The highest BCUT2D eigenvalue weighted by molar-refractivity contribution is 5.95. The molecule has 1 atom stereocenters. The van der Waals surface area contributed by atoms with Gasteiger partial charge in [-0.1, -0.05) is 48.5 Å². The van der Waals surface area contributed by atoms with Crippen molar-refractivity contribution in [2.24, 2.45) is 0 Å². The van der Waals surface area contributed by atoms with Crippen LogP contribution in [0.4, 0.5) is 0 Å². The van der Waals surface area contributed by atoms with Crippen LogP contribution in [0.3, 0.4) is 0 Å². The third-order valence-corrected chi connectivity index (χ3v) is 3.33. The molecule has 1 aromatic heterocycles. The average molecular weight is 249 g/mol. The van der Waals surface area contributed by atoms with Crippen LogP contribution in [0.2, 0.25) is 0 Å². The predicted octanol–water partition coefficient (Wildman–Crippen LogP) is 3.96. The fourth-order valence-corrected chi connectivity index (χ4v) is 2.26. The molecule has 0 bridgehead atoms. The van der Waals surface area contributed by atoms with Crippen LogP contribution in [-0.2, 0) is 0 Å². The molecule has 0 aliphatic rings. The topological polar surface area (TPSA) is 33.1 Å². The maximum Gasteiger partial charge on any atom is 0.0776 e. The summed E-state index contributed by atoms with van der Waals surface area (Å²) in [6, 6.07) is 18.4. The van der Waals surface area contributed by atoms with E-state index in [2.05, 4.69) is 29.2 Å². The number of benzene rings is 2. The Bertz CT molecular complexity index is 697. The third-order valence-electron chi connectivity index (χ3n) is 3.33. The Hall–Kier alpha value is -2.19. The monoisotopic (exact) mass is 249 g/mol. The van der Waals surface area contributed by atoms with E-state index in [0.717, 1.165) is 16.8 Å². The van der Waals surface area contributed by atoms with Crippen molar-refractivity contribution in [3.63, 3.8) is 0 Å². The van der Waals surface area contributed by atoms with Crippen LogP contribution in [0, 0.1) is 0 Å². The molecule has 0 saturated carbocycles. The first kappa shape index (κ1) is 11.9. The third kappa shape index (κ3) is 2.23. The Morgan fingerprint density at radius 3 is 2.47 bits per heavy atom. The largest absolute Gasteiger partial charge is 0.389 e. The van der Waals surface area contributed by atoms with Gasteiger partial charge in [-0.25, -0.2) is 0 Å². The number of nitrogens with zero attached hydrogens (tertiary/aromatic N) is 1. The summed E-state index contributed by atoms with van der Waals surface area (Å²) in [5, 5.41) is 11.9. The molecule has 1 N–H and O–H groups in total. The van der Waals surface area contributed by atoms with Crippen molar-refractivity contribution in [2.75, 3.05) is 0 Å². The van der Waals surface area contributed by atoms with Gasteiger partial charge in [0.1, 0.15) is 0 Å². The van der Waals surface area contributed by atoms with Crippen LogP contribution in [0.25, 0.3) is 22.0 Å². The van der Waals surface area contributed by atoms with Crippen molar-refractivity contribution in [2.45, 2.75) is 13.0 Å². The highest BCUT2D eigenvalue weighted by Crippen LogP contribution is 2.27. The number of fused-ring (bicyclic) bond motifs is 1. The zero-order chi connectivity index (χ0) is 13.2. The second-order valence-electron chi connectivity index (χ2n) is 4.68. The van der Waals surface area contributed by atoms with E-state index in [1.807, 2.05) is 30.3 Å². The maximum absolute atomic E-state index is 9.52. The van der Waals surface area contributed by atoms with Gasteiger partial charge in [0, 0.05) is 11.8 Å². The average Bonchev–Trinajstić information content (AvgIpc) is 2.47. The number of pyridine rings is 1. The summed E-state index contributed by atoms with van der Waals surface area (Å²) in [4.78, 5) is 4.46. The van der Waals surface area contributed by atoms with Crippen LogP contribution in [0.5, 0.6) is 0 Å². The zero-order valence-corrected chi connectivity index (χ0v) is 10.7. The molecule has 0 spiro atoms. The van der Waals surface area contributed by atoms with E-state index in [0.29, 0.717) is 0 Å². The molecule has 0 amide bonds. The number of aromatic nitrogens is 1. The summed E-state index contributed by atoms with van der Waals surface area (Å²) in [6.45, 7) is 1.74. The Balaban J connectivity index is 2.14. The van der Waals surface area contributed by atoms with Crippen molar-refractivity contribution in [1.82, 2.24) is 4.98 Å². The minimum absolute atomic E-state index is 0.478.